The topological polar surface area (TPSA) is 0 Å². The van der Waals surface area contributed by atoms with Crippen molar-refractivity contribution in [2.24, 2.45) is 0 Å². The lowest BCUT2D eigenvalue weighted by Crippen LogP contribution is -2.10. The number of hydrogen-bond acceptors (Lipinski definition) is 0. The molecule has 0 saturated carbocycles. The molecule has 3 aromatic rings. The minimum Gasteiger partial charge on any atom is -0.241 e. The van der Waals surface area contributed by atoms with Crippen molar-refractivity contribution in [1.82, 2.24) is 0 Å². The van der Waals surface area contributed by atoms with Crippen LogP contribution in [0.4, 0.5) is 17.6 Å². The fourth-order valence-corrected chi connectivity index (χ4v) is 4.15. The normalized spacial score (nSPS) is 17.3. The van der Waals surface area contributed by atoms with Crippen molar-refractivity contribution in [2.45, 2.75) is 31.9 Å². The maximum absolute atomic E-state index is 14.8. The zero-order chi connectivity index (χ0) is 22.8. The van der Waals surface area contributed by atoms with Gasteiger partial charge >= 0.3 is 0 Å². The van der Waals surface area contributed by atoms with E-state index in [9.17, 15) is 17.6 Å². The van der Waals surface area contributed by atoms with Gasteiger partial charge in [0.15, 0.2) is 0 Å². The van der Waals surface area contributed by atoms with Gasteiger partial charge in [0, 0.05) is 12.0 Å². The van der Waals surface area contributed by atoms with Gasteiger partial charge in [-0.2, -0.15) is 0 Å². The van der Waals surface area contributed by atoms with Gasteiger partial charge in [0.1, 0.15) is 23.6 Å². The Morgan fingerprint density at radius 1 is 0.906 bits per heavy atom. The number of alkyl halides is 1. The van der Waals surface area contributed by atoms with E-state index >= 15 is 0 Å². The molecule has 164 valence electrons. The van der Waals surface area contributed by atoms with Crippen LogP contribution in [0.15, 0.2) is 83.7 Å². The summed E-state index contributed by atoms with van der Waals surface area (Å²) in [6.45, 7) is 2.15. The molecule has 2 atom stereocenters. The van der Waals surface area contributed by atoms with Crippen molar-refractivity contribution in [3.63, 3.8) is 0 Å². The predicted molar refractivity (Wildman–Crippen MR) is 122 cm³/mol. The SMILES string of the molecule is C[C@H](Cc1ccc(-c2cc(F)c(C3=CC(F)=C(Cl)C(F)C3)c(F)c2)cc1)c1ccccc1. The highest BCUT2D eigenvalue weighted by atomic mass is 35.5. The summed E-state index contributed by atoms with van der Waals surface area (Å²) in [6, 6.07) is 20.1. The lowest BCUT2D eigenvalue weighted by Gasteiger charge is -2.18. The zero-order valence-corrected chi connectivity index (χ0v) is 18.1. The average molecular weight is 457 g/mol. The van der Waals surface area contributed by atoms with E-state index in [0.717, 1.165) is 18.1 Å². The molecule has 3 aromatic carbocycles. The highest BCUT2D eigenvalue weighted by Crippen LogP contribution is 2.38. The number of benzene rings is 3. The number of rotatable bonds is 5. The molecule has 0 spiro atoms. The maximum atomic E-state index is 14.8. The summed E-state index contributed by atoms with van der Waals surface area (Å²) in [5.74, 6) is -2.41. The van der Waals surface area contributed by atoms with E-state index in [-0.39, 0.29) is 12.0 Å². The molecule has 0 heterocycles. The number of hydrogen-bond donors (Lipinski definition) is 0. The highest BCUT2D eigenvalue weighted by molar-refractivity contribution is 6.30. The van der Waals surface area contributed by atoms with E-state index in [1.807, 2.05) is 42.5 Å². The van der Waals surface area contributed by atoms with Crippen LogP contribution in [-0.4, -0.2) is 6.17 Å². The lowest BCUT2D eigenvalue weighted by atomic mass is 9.91. The summed E-state index contributed by atoms with van der Waals surface area (Å²) in [5, 5.41) is -0.576. The molecule has 5 heteroatoms. The summed E-state index contributed by atoms with van der Waals surface area (Å²) in [5.41, 5.74) is 2.85. The van der Waals surface area contributed by atoms with Gasteiger partial charge in [-0.15, -0.1) is 0 Å². The molecule has 4 rings (SSSR count). The number of halogens is 5. The Labute approximate surface area is 189 Å². The Morgan fingerprint density at radius 3 is 2.12 bits per heavy atom. The van der Waals surface area contributed by atoms with Crippen LogP contribution in [0.1, 0.15) is 36.0 Å². The summed E-state index contributed by atoms with van der Waals surface area (Å²) >= 11 is 5.53. The van der Waals surface area contributed by atoms with Gasteiger partial charge in [0.05, 0.1) is 5.03 Å². The monoisotopic (exact) mass is 456 g/mol. The van der Waals surface area contributed by atoms with Gasteiger partial charge in [0.25, 0.3) is 0 Å². The minimum absolute atomic E-state index is 0.0915. The van der Waals surface area contributed by atoms with Gasteiger partial charge in [-0.25, -0.2) is 17.6 Å². The maximum Gasteiger partial charge on any atom is 0.142 e. The quantitative estimate of drug-likeness (QED) is 0.337. The van der Waals surface area contributed by atoms with Crippen LogP contribution in [0.25, 0.3) is 16.7 Å². The summed E-state index contributed by atoms with van der Waals surface area (Å²) in [4.78, 5) is 0. The molecule has 0 amide bonds. The Kier molecular flexibility index (Phi) is 6.52. The Hall–Kier alpha value is -2.85. The highest BCUT2D eigenvalue weighted by Gasteiger charge is 2.27. The van der Waals surface area contributed by atoms with Crippen LogP contribution < -0.4 is 0 Å². The molecule has 0 fully saturated rings. The van der Waals surface area contributed by atoms with Crippen molar-refractivity contribution < 1.29 is 17.6 Å². The molecule has 0 N–H and O–H groups in total. The van der Waals surface area contributed by atoms with Gasteiger partial charge in [-0.05, 0) is 58.4 Å². The Bertz CT molecular complexity index is 1160. The summed E-state index contributed by atoms with van der Waals surface area (Å²) in [7, 11) is 0. The number of allylic oxidation sites excluding steroid dienone is 4. The van der Waals surface area contributed by atoms with E-state index in [2.05, 4.69) is 19.1 Å². The van der Waals surface area contributed by atoms with Crippen molar-refractivity contribution in [1.29, 1.82) is 0 Å². The molecule has 0 radical (unpaired) electrons. The van der Waals surface area contributed by atoms with Crippen LogP contribution >= 0.6 is 11.6 Å². The molecule has 1 aliphatic carbocycles. The first-order valence-corrected chi connectivity index (χ1v) is 10.7. The van der Waals surface area contributed by atoms with E-state index in [1.165, 1.54) is 17.7 Å². The molecule has 1 aliphatic rings. The van der Waals surface area contributed by atoms with E-state index in [0.29, 0.717) is 17.0 Å². The fourth-order valence-electron chi connectivity index (χ4n) is 4.02. The van der Waals surface area contributed by atoms with E-state index < -0.39 is 34.2 Å². The van der Waals surface area contributed by atoms with Crippen LogP contribution in [0.2, 0.25) is 0 Å². The smallest absolute Gasteiger partial charge is 0.142 e. The summed E-state index contributed by atoms with van der Waals surface area (Å²) in [6.07, 6.45) is -0.469. The second-order valence-electron chi connectivity index (χ2n) is 8.06. The van der Waals surface area contributed by atoms with Crippen LogP contribution in [0.3, 0.4) is 0 Å². The Balaban J connectivity index is 1.57. The van der Waals surface area contributed by atoms with Crippen LogP contribution in [-0.2, 0) is 6.42 Å². The van der Waals surface area contributed by atoms with Gasteiger partial charge < -0.3 is 0 Å². The molecular formula is C27H21ClF4. The molecule has 1 unspecified atom stereocenters. The zero-order valence-electron chi connectivity index (χ0n) is 17.4. The van der Waals surface area contributed by atoms with Gasteiger partial charge in [-0.3, -0.25) is 0 Å². The fraction of sp³-hybridized carbons (Fsp3) is 0.185. The molecule has 0 bridgehead atoms. The molecule has 32 heavy (non-hydrogen) atoms. The molecule has 0 nitrogen and oxygen atoms in total. The van der Waals surface area contributed by atoms with Crippen molar-refractivity contribution in [3.8, 4) is 11.1 Å². The molecule has 0 aliphatic heterocycles. The first-order chi connectivity index (χ1) is 15.3. The largest absolute Gasteiger partial charge is 0.241 e. The average Bonchev–Trinajstić information content (AvgIpc) is 2.78. The van der Waals surface area contributed by atoms with Crippen molar-refractivity contribution >= 4 is 17.2 Å². The summed E-state index contributed by atoms with van der Waals surface area (Å²) < 4.78 is 57.3. The van der Waals surface area contributed by atoms with Gasteiger partial charge in [0.2, 0.25) is 0 Å². The lowest BCUT2D eigenvalue weighted by molar-refractivity contribution is 0.389. The van der Waals surface area contributed by atoms with Crippen molar-refractivity contribution in [2.75, 3.05) is 0 Å². The van der Waals surface area contributed by atoms with Crippen molar-refractivity contribution in [3.05, 3.63) is 112 Å². The van der Waals surface area contributed by atoms with Crippen LogP contribution in [0, 0.1) is 11.6 Å². The second kappa shape index (κ2) is 9.33. The third-order valence-corrected chi connectivity index (χ3v) is 6.18. The minimum atomic E-state index is -1.82. The van der Waals surface area contributed by atoms with E-state index in [1.54, 1.807) is 0 Å². The van der Waals surface area contributed by atoms with E-state index in [4.69, 9.17) is 11.6 Å². The third-order valence-electron chi connectivity index (χ3n) is 5.76. The first-order valence-electron chi connectivity index (χ1n) is 10.4. The second-order valence-corrected chi connectivity index (χ2v) is 8.47. The van der Waals surface area contributed by atoms with Crippen LogP contribution in [0.5, 0.6) is 0 Å². The molecular weight excluding hydrogens is 436 g/mol. The molecule has 0 aromatic heterocycles. The first kappa shape index (κ1) is 22.3. The Morgan fingerprint density at radius 2 is 1.53 bits per heavy atom. The van der Waals surface area contributed by atoms with Gasteiger partial charge in [-0.1, -0.05) is 73.1 Å². The third kappa shape index (κ3) is 4.66. The molecule has 0 saturated heterocycles. The predicted octanol–water partition coefficient (Wildman–Crippen LogP) is 8.52. The standard InChI is InChI=1S/C27H21ClF4/c1-16(18-5-3-2-4-6-18)11-17-7-9-19(10-8-17)20-12-22(29)26(23(30)13-20)21-14-24(31)27(28)25(32)15-21/h2-10,12-14,16,25H,11,15H2,1H3/t16-,25?/m1/s1.